The molecule has 0 aliphatic rings. The van der Waals surface area contributed by atoms with Gasteiger partial charge in [-0.05, 0) is 13.8 Å². The highest BCUT2D eigenvalue weighted by Gasteiger charge is 2.10. The van der Waals surface area contributed by atoms with Gasteiger partial charge in [-0.15, -0.1) is 0 Å². The highest BCUT2D eigenvalue weighted by molar-refractivity contribution is 5.75. The fraction of sp³-hybridized carbons (Fsp3) is 0.909. The molecular formula is C11H21F2NO4. The molecule has 0 fully saturated rings. The molecule has 0 bridgehead atoms. The minimum atomic E-state index is -2.51. The van der Waals surface area contributed by atoms with Gasteiger partial charge in [0.1, 0.15) is 6.61 Å². The van der Waals surface area contributed by atoms with Gasteiger partial charge in [-0.3, -0.25) is 4.79 Å². The lowest BCUT2D eigenvalue weighted by Gasteiger charge is -2.17. The Bertz CT molecular complexity index is 211. The Morgan fingerprint density at radius 1 is 1.22 bits per heavy atom. The van der Waals surface area contributed by atoms with Crippen molar-refractivity contribution in [1.82, 2.24) is 5.32 Å². The fourth-order valence-corrected chi connectivity index (χ4v) is 1.16. The first kappa shape index (κ1) is 17.2. The van der Waals surface area contributed by atoms with Crippen molar-refractivity contribution in [1.29, 1.82) is 0 Å². The molecule has 108 valence electrons. The number of rotatable bonds is 11. The van der Waals surface area contributed by atoms with E-state index in [1.54, 1.807) is 0 Å². The molecule has 1 amide bonds. The van der Waals surface area contributed by atoms with E-state index in [0.29, 0.717) is 13.2 Å². The van der Waals surface area contributed by atoms with Crippen molar-refractivity contribution in [3.63, 3.8) is 0 Å². The Kier molecular flexibility index (Phi) is 10.8. The number of amides is 1. The summed E-state index contributed by atoms with van der Waals surface area (Å²) in [5.41, 5.74) is 0. The number of halogens is 2. The molecule has 0 aliphatic heterocycles. The number of ether oxygens (including phenoxy) is 3. The lowest BCUT2D eigenvalue weighted by atomic mass is 10.4. The summed E-state index contributed by atoms with van der Waals surface area (Å²) in [5, 5.41) is 2.58. The third-order valence-corrected chi connectivity index (χ3v) is 1.89. The summed E-state index contributed by atoms with van der Waals surface area (Å²) in [6.45, 7) is 4.18. The molecular weight excluding hydrogens is 248 g/mol. The fourth-order valence-electron chi connectivity index (χ4n) is 1.16. The third kappa shape index (κ3) is 10.4. The van der Waals surface area contributed by atoms with E-state index in [0.717, 1.165) is 0 Å². The molecule has 0 rings (SSSR count). The minimum Gasteiger partial charge on any atom is -0.375 e. The highest BCUT2D eigenvalue weighted by Crippen LogP contribution is 1.95. The summed E-state index contributed by atoms with van der Waals surface area (Å²) in [4.78, 5) is 11.3. The highest BCUT2D eigenvalue weighted by atomic mass is 19.3. The Balaban J connectivity index is 3.60. The van der Waals surface area contributed by atoms with Crippen LogP contribution in [0.4, 0.5) is 8.78 Å². The summed E-state index contributed by atoms with van der Waals surface area (Å²) < 4.78 is 38.5. The van der Waals surface area contributed by atoms with Gasteiger partial charge in [-0.1, -0.05) is 0 Å². The number of carbonyl (C=O) groups is 1. The van der Waals surface area contributed by atoms with Crippen LogP contribution in [0.3, 0.4) is 0 Å². The maximum Gasteiger partial charge on any atom is 0.261 e. The molecule has 7 heteroatoms. The van der Waals surface area contributed by atoms with Crippen molar-refractivity contribution < 1.29 is 27.8 Å². The second kappa shape index (κ2) is 11.3. The van der Waals surface area contributed by atoms with E-state index >= 15 is 0 Å². The zero-order chi connectivity index (χ0) is 13.8. The lowest BCUT2D eigenvalue weighted by Crippen LogP contribution is -2.35. The van der Waals surface area contributed by atoms with E-state index in [4.69, 9.17) is 9.47 Å². The zero-order valence-corrected chi connectivity index (χ0v) is 10.8. The largest absolute Gasteiger partial charge is 0.375 e. The molecule has 0 aromatic carbocycles. The molecule has 0 aliphatic carbocycles. The van der Waals surface area contributed by atoms with E-state index in [2.05, 4.69) is 10.1 Å². The average molecular weight is 269 g/mol. The van der Waals surface area contributed by atoms with Gasteiger partial charge in [0.15, 0.2) is 6.29 Å². The van der Waals surface area contributed by atoms with Crippen LogP contribution in [0.25, 0.3) is 0 Å². The van der Waals surface area contributed by atoms with E-state index < -0.39 is 19.3 Å². The predicted molar refractivity (Wildman–Crippen MR) is 61.5 cm³/mol. The van der Waals surface area contributed by atoms with Gasteiger partial charge in [-0.25, -0.2) is 8.78 Å². The van der Waals surface area contributed by atoms with Gasteiger partial charge in [0, 0.05) is 19.6 Å². The maximum absolute atomic E-state index is 11.7. The number of nitrogens with one attached hydrogen (secondary N) is 1. The minimum absolute atomic E-state index is 0.0237. The molecule has 0 unspecified atom stereocenters. The van der Waals surface area contributed by atoms with Crippen molar-refractivity contribution in [2.24, 2.45) is 0 Å². The summed E-state index contributed by atoms with van der Waals surface area (Å²) in [6, 6.07) is 0. The molecule has 0 radical (unpaired) electrons. The summed E-state index contributed by atoms with van der Waals surface area (Å²) in [5.74, 6) is -0.284. The molecule has 0 heterocycles. The average Bonchev–Trinajstić information content (AvgIpc) is 2.32. The quantitative estimate of drug-likeness (QED) is 0.452. The van der Waals surface area contributed by atoms with Gasteiger partial charge in [0.2, 0.25) is 5.91 Å². The van der Waals surface area contributed by atoms with E-state index in [9.17, 15) is 13.6 Å². The van der Waals surface area contributed by atoms with Crippen LogP contribution in [0, 0.1) is 0 Å². The smallest absolute Gasteiger partial charge is 0.261 e. The van der Waals surface area contributed by atoms with E-state index in [1.807, 2.05) is 13.8 Å². The molecule has 0 atom stereocenters. The monoisotopic (exact) mass is 269 g/mol. The zero-order valence-electron chi connectivity index (χ0n) is 10.8. The Morgan fingerprint density at radius 3 is 2.33 bits per heavy atom. The topological polar surface area (TPSA) is 56.8 Å². The first-order valence-electron chi connectivity index (χ1n) is 5.95. The summed E-state index contributed by atoms with van der Waals surface area (Å²) in [6.07, 6.45) is -2.95. The molecule has 18 heavy (non-hydrogen) atoms. The van der Waals surface area contributed by atoms with Gasteiger partial charge in [-0.2, -0.15) is 0 Å². The predicted octanol–water partition coefficient (Wildman–Crippen LogP) is 1.17. The number of carbonyl (C=O) groups excluding carboxylic acids is 1. The van der Waals surface area contributed by atoms with Crippen molar-refractivity contribution >= 4 is 5.91 Å². The van der Waals surface area contributed by atoms with Crippen LogP contribution in [0.5, 0.6) is 0 Å². The Labute approximate surface area is 106 Å². The second-order valence-corrected chi connectivity index (χ2v) is 3.36. The molecule has 0 saturated heterocycles. The van der Waals surface area contributed by atoms with Crippen molar-refractivity contribution in [2.45, 2.75) is 33.0 Å². The maximum atomic E-state index is 11.7. The molecule has 5 nitrogen and oxygen atoms in total. The van der Waals surface area contributed by atoms with Crippen LogP contribution in [0.15, 0.2) is 0 Å². The first-order valence-corrected chi connectivity index (χ1v) is 5.95. The van der Waals surface area contributed by atoms with Crippen molar-refractivity contribution in [3.05, 3.63) is 0 Å². The van der Waals surface area contributed by atoms with Gasteiger partial charge < -0.3 is 19.5 Å². The first-order chi connectivity index (χ1) is 8.60. The molecule has 0 spiro atoms. The SMILES string of the molecule is CCOC(CNC(=O)CCOCC(F)F)OCC. The number of alkyl halides is 2. The van der Waals surface area contributed by atoms with Gasteiger partial charge in [0.05, 0.1) is 13.2 Å². The van der Waals surface area contributed by atoms with Crippen molar-refractivity contribution in [2.75, 3.05) is 33.0 Å². The summed E-state index contributed by atoms with van der Waals surface area (Å²) in [7, 11) is 0. The molecule has 0 aromatic heterocycles. The van der Waals surface area contributed by atoms with Crippen LogP contribution in [0.1, 0.15) is 20.3 Å². The lowest BCUT2D eigenvalue weighted by molar-refractivity contribution is -0.141. The van der Waals surface area contributed by atoms with Crippen LogP contribution in [-0.4, -0.2) is 51.6 Å². The number of hydrogen-bond acceptors (Lipinski definition) is 4. The standard InChI is InChI=1S/C11H21F2NO4/c1-3-17-11(18-4-2)7-14-10(15)5-6-16-8-9(12)13/h9,11H,3-8H2,1-2H3,(H,14,15). The Hall–Kier alpha value is -0.790. The van der Waals surface area contributed by atoms with Gasteiger partial charge in [0.25, 0.3) is 6.43 Å². The molecule has 1 N–H and O–H groups in total. The Morgan fingerprint density at radius 2 is 1.83 bits per heavy atom. The van der Waals surface area contributed by atoms with Crippen LogP contribution < -0.4 is 5.32 Å². The molecule has 0 saturated carbocycles. The molecule has 0 aromatic rings. The van der Waals surface area contributed by atoms with Crippen LogP contribution in [0.2, 0.25) is 0 Å². The van der Waals surface area contributed by atoms with Crippen molar-refractivity contribution in [3.8, 4) is 0 Å². The normalized spacial score (nSPS) is 11.2. The second-order valence-electron chi connectivity index (χ2n) is 3.36. The van der Waals surface area contributed by atoms with E-state index in [-0.39, 0.29) is 25.5 Å². The van der Waals surface area contributed by atoms with E-state index in [1.165, 1.54) is 0 Å². The number of hydrogen-bond donors (Lipinski definition) is 1. The van der Waals surface area contributed by atoms with Gasteiger partial charge >= 0.3 is 0 Å². The third-order valence-electron chi connectivity index (χ3n) is 1.89. The van der Waals surface area contributed by atoms with Crippen LogP contribution >= 0.6 is 0 Å². The summed E-state index contributed by atoms with van der Waals surface area (Å²) >= 11 is 0. The van der Waals surface area contributed by atoms with Crippen LogP contribution in [-0.2, 0) is 19.0 Å².